The van der Waals surface area contributed by atoms with E-state index in [0.717, 1.165) is 109 Å². The predicted octanol–water partition coefficient (Wildman–Crippen LogP) is 1.70. The molecule has 24 nitrogen and oxygen atoms in total. The second-order valence-electron chi connectivity index (χ2n) is 21.0. The Kier molecular flexibility index (Phi) is 16.4. The normalized spacial score (nSPS) is 20.0. The number of quaternary nitrogens is 4. The highest BCUT2D eigenvalue weighted by atomic mass is 32.2. The maximum Gasteiger partial charge on any atom is 0.295 e. The highest BCUT2D eigenvalue weighted by Gasteiger charge is 2.34. The van der Waals surface area contributed by atoms with Crippen LogP contribution in [-0.2, 0) is 19.5 Å². The van der Waals surface area contributed by atoms with Crippen molar-refractivity contribution in [3.05, 3.63) is 47.5 Å². The summed E-state index contributed by atoms with van der Waals surface area (Å²) in [5.74, 6) is 2.72. The Bertz CT molecular complexity index is 2650. The first-order valence-electron chi connectivity index (χ1n) is 24.4. The molecule has 2 aromatic heterocycles. The van der Waals surface area contributed by atoms with Crippen LogP contribution in [0.15, 0.2) is 46.2 Å². The van der Waals surface area contributed by atoms with Crippen molar-refractivity contribution < 1.29 is 55.7 Å². The van der Waals surface area contributed by atoms with E-state index in [2.05, 4.69) is 77.6 Å². The molecule has 0 spiro atoms. The van der Waals surface area contributed by atoms with Crippen molar-refractivity contribution in [3.8, 4) is 0 Å². The quantitative estimate of drug-likeness (QED) is 0.0207. The van der Waals surface area contributed by atoms with Gasteiger partial charge in [-0.2, -0.15) is 38.3 Å². The summed E-state index contributed by atoms with van der Waals surface area (Å²) in [6, 6.07) is 9.92. The fourth-order valence-corrected chi connectivity index (χ4v) is 10.5. The molecule has 392 valence electrons. The van der Waals surface area contributed by atoms with Gasteiger partial charge in [0.2, 0.25) is 35.7 Å². The molecule has 0 radical (unpaired) electrons. The van der Waals surface area contributed by atoms with E-state index in [1.807, 2.05) is 0 Å². The number of nitrogens with one attached hydrogen (secondary N) is 2. The molecule has 0 amide bonds. The Labute approximate surface area is 426 Å². The SMILES string of the molecule is C[N+]1(C)CCN(c2nc(Nc3ccc(/C=C/c4ccc(Nc5nc(N6CC[N+](C)(C)CC6)nc(N6CC[N+](C)(CCO)CC6)n5)cc4S(=O)(=O)O)c(SOOO)c3)nc(N3CC[N+](C)(CCO)CC3)n2)CC1. The molecule has 4 aromatic rings. The maximum absolute atomic E-state index is 13.0. The van der Waals surface area contributed by atoms with Gasteiger partial charge in [-0.05, 0) is 35.4 Å². The summed E-state index contributed by atoms with van der Waals surface area (Å²) in [6.45, 7) is 14.4. The van der Waals surface area contributed by atoms with Crippen LogP contribution in [0.4, 0.5) is 47.1 Å². The van der Waals surface area contributed by atoms with Crippen LogP contribution in [0.3, 0.4) is 0 Å². The zero-order valence-corrected chi connectivity index (χ0v) is 43.9. The van der Waals surface area contributed by atoms with Crippen molar-refractivity contribution in [1.29, 1.82) is 0 Å². The number of anilines is 8. The summed E-state index contributed by atoms with van der Waals surface area (Å²) in [5, 5.41) is 39.0. The second kappa shape index (κ2) is 22.2. The molecule has 2 aromatic carbocycles. The van der Waals surface area contributed by atoms with Crippen LogP contribution >= 0.6 is 12.0 Å². The molecule has 0 atom stereocenters. The Morgan fingerprint density at radius 1 is 0.583 bits per heavy atom. The molecule has 0 bridgehead atoms. The minimum atomic E-state index is -4.75. The topological polar surface area (TPSA) is 248 Å². The van der Waals surface area contributed by atoms with Gasteiger partial charge in [-0.1, -0.05) is 29.3 Å². The number of benzene rings is 2. The molecule has 0 aliphatic carbocycles. The third kappa shape index (κ3) is 13.5. The third-order valence-electron chi connectivity index (χ3n) is 14.6. The van der Waals surface area contributed by atoms with Gasteiger partial charge in [0.1, 0.15) is 18.0 Å². The smallest absolute Gasteiger partial charge is 0.295 e. The summed E-state index contributed by atoms with van der Waals surface area (Å²) in [7, 11) is 8.37. The standard InChI is InChI=1S/C46H70N16O8S2/c1-59(2)21-13-55(14-22-59)43-49-41(50-45(53-43)57-17-25-61(5,26-18-57)29-31-63)47-37-11-9-35(39(33-37)71-70-69-65)7-8-36-10-12-38(34-40(36)72(66,67)68)48-42-51-44(56-15-23-60(3,4)24-16-56)54-46(52-42)58-19-27-62(6,28-20-58)30-32-64/h7-12,33-34,63-64H,13-32H2,1-6H3,(H2-2,47,48,49,50,51,52,53,54,65,66,67,68)/q+2/p+2/b8-7+. The molecule has 4 fully saturated rings. The van der Waals surface area contributed by atoms with Crippen LogP contribution in [0, 0.1) is 0 Å². The zero-order valence-electron chi connectivity index (χ0n) is 42.3. The van der Waals surface area contributed by atoms with E-state index in [1.54, 1.807) is 42.5 Å². The number of piperazine rings is 4. The molecular formula is C46H72N16O8S2+4. The van der Waals surface area contributed by atoms with E-state index < -0.39 is 10.1 Å². The Morgan fingerprint density at radius 2 is 0.958 bits per heavy atom. The van der Waals surface area contributed by atoms with E-state index in [0.29, 0.717) is 90.8 Å². The number of hydrogen-bond acceptors (Lipinski definition) is 20. The summed E-state index contributed by atoms with van der Waals surface area (Å²) < 4.78 is 44.8. The van der Waals surface area contributed by atoms with Gasteiger partial charge in [0.05, 0.1) is 172 Å². The average Bonchev–Trinajstić information content (AvgIpc) is 3.33. The van der Waals surface area contributed by atoms with Crippen molar-refractivity contribution >= 4 is 81.4 Å². The molecule has 6 N–H and O–H groups in total. The predicted molar refractivity (Wildman–Crippen MR) is 277 cm³/mol. The van der Waals surface area contributed by atoms with Gasteiger partial charge in [0.25, 0.3) is 10.1 Å². The summed E-state index contributed by atoms with van der Waals surface area (Å²) in [5.41, 5.74) is 1.68. The Morgan fingerprint density at radius 3 is 1.35 bits per heavy atom. The first-order chi connectivity index (χ1) is 34.2. The highest BCUT2D eigenvalue weighted by Crippen LogP contribution is 2.33. The van der Waals surface area contributed by atoms with Gasteiger partial charge >= 0.3 is 0 Å². The fraction of sp³-hybridized carbons (Fsp3) is 0.565. The molecule has 4 saturated heterocycles. The maximum atomic E-state index is 13.0. The lowest BCUT2D eigenvalue weighted by molar-refractivity contribution is -0.910. The lowest BCUT2D eigenvalue weighted by atomic mass is 10.1. The van der Waals surface area contributed by atoms with Crippen LogP contribution in [-0.4, -0.2) is 250 Å². The van der Waals surface area contributed by atoms with Gasteiger partial charge in [0, 0.05) is 16.3 Å². The van der Waals surface area contributed by atoms with Gasteiger partial charge in [0.15, 0.2) is 0 Å². The van der Waals surface area contributed by atoms with E-state index in [1.165, 1.54) is 6.07 Å². The molecule has 0 unspecified atom stereocenters. The first-order valence-corrected chi connectivity index (χ1v) is 26.6. The van der Waals surface area contributed by atoms with E-state index >= 15 is 0 Å². The zero-order chi connectivity index (χ0) is 51.3. The molecule has 8 rings (SSSR count). The minimum Gasteiger partial charge on any atom is -0.391 e. The van der Waals surface area contributed by atoms with Crippen molar-refractivity contribution in [2.75, 3.05) is 204 Å². The monoisotopic (exact) mass is 1040 g/mol. The van der Waals surface area contributed by atoms with E-state index in [4.69, 9.17) is 39.5 Å². The molecule has 4 aliphatic rings. The summed E-state index contributed by atoms with van der Waals surface area (Å²) in [6.07, 6.45) is 3.21. The summed E-state index contributed by atoms with van der Waals surface area (Å²) >= 11 is 0.730. The van der Waals surface area contributed by atoms with E-state index in [9.17, 15) is 23.2 Å². The molecule has 0 saturated carbocycles. The fourth-order valence-electron chi connectivity index (χ4n) is 9.31. The molecule has 26 heteroatoms. The lowest BCUT2D eigenvalue weighted by Crippen LogP contribution is -2.58. The molecule has 6 heterocycles. The Hall–Kier alpha value is -5.10. The molecule has 72 heavy (non-hydrogen) atoms. The van der Waals surface area contributed by atoms with Crippen LogP contribution in [0.2, 0.25) is 0 Å². The largest absolute Gasteiger partial charge is 0.391 e. The average molecular weight is 1040 g/mol. The van der Waals surface area contributed by atoms with Crippen LogP contribution in [0.25, 0.3) is 12.2 Å². The Balaban J connectivity index is 1.04. The molecular weight excluding hydrogens is 969 g/mol. The van der Waals surface area contributed by atoms with Crippen molar-refractivity contribution in [2.45, 2.75) is 9.79 Å². The van der Waals surface area contributed by atoms with Crippen LogP contribution in [0.1, 0.15) is 11.1 Å². The number of hydrogen-bond donors (Lipinski definition) is 6. The number of rotatable bonds is 18. The second-order valence-corrected chi connectivity index (χ2v) is 23.2. The van der Waals surface area contributed by atoms with Crippen LogP contribution in [0.5, 0.6) is 0 Å². The number of aromatic nitrogens is 6. The lowest BCUT2D eigenvalue weighted by Gasteiger charge is -2.42. The van der Waals surface area contributed by atoms with Gasteiger partial charge in [-0.15, -0.1) is 4.33 Å². The summed E-state index contributed by atoms with van der Waals surface area (Å²) in [4.78, 5) is 37.9. The minimum absolute atomic E-state index is 0.112. The van der Waals surface area contributed by atoms with Gasteiger partial charge in [-0.25, -0.2) is 5.26 Å². The van der Waals surface area contributed by atoms with Gasteiger partial charge < -0.3 is 58.4 Å². The van der Waals surface area contributed by atoms with Crippen molar-refractivity contribution in [1.82, 2.24) is 29.9 Å². The third-order valence-corrected chi connectivity index (χ3v) is 16.2. The highest BCUT2D eigenvalue weighted by molar-refractivity contribution is 7.94. The van der Waals surface area contributed by atoms with Crippen molar-refractivity contribution in [3.63, 3.8) is 0 Å². The first kappa shape index (κ1) is 53.2. The van der Waals surface area contributed by atoms with Crippen LogP contribution < -0.4 is 30.2 Å². The number of aliphatic hydroxyl groups is 2. The van der Waals surface area contributed by atoms with Gasteiger partial charge in [-0.3, -0.25) is 4.55 Å². The van der Waals surface area contributed by atoms with E-state index in [-0.39, 0.29) is 29.6 Å². The molecule has 4 aliphatic heterocycles. The number of likely N-dealkylation sites (N-methyl/N-ethyl adjacent to an activating group) is 4. The number of aliphatic hydroxyl groups excluding tert-OH is 2. The van der Waals surface area contributed by atoms with Crippen molar-refractivity contribution in [2.24, 2.45) is 0 Å². The number of nitrogens with zero attached hydrogens (tertiary/aromatic N) is 14.